The van der Waals surface area contributed by atoms with Crippen LogP contribution in [0.4, 0.5) is 0 Å². The van der Waals surface area contributed by atoms with Gasteiger partial charge in [-0.25, -0.2) is 4.98 Å². The zero-order valence-electron chi connectivity index (χ0n) is 17.7. The van der Waals surface area contributed by atoms with Crippen LogP contribution in [-0.2, 0) is 4.79 Å². The molecule has 0 aliphatic carbocycles. The van der Waals surface area contributed by atoms with Crippen molar-refractivity contribution in [1.29, 1.82) is 0 Å². The first-order valence-electron chi connectivity index (χ1n) is 10.6. The van der Waals surface area contributed by atoms with Crippen LogP contribution in [0.25, 0.3) is 11.1 Å². The Labute approximate surface area is 186 Å². The molecule has 1 saturated heterocycles. The van der Waals surface area contributed by atoms with E-state index in [1.807, 2.05) is 43.0 Å². The van der Waals surface area contributed by atoms with E-state index in [-0.39, 0.29) is 23.7 Å². The van der Waals surface area contributed by atoms with Gasteiger partial charge in [-0.05, 0) is 49.1 Å². The molecule has 0 bridgehead atoms. The predicted octanol–water partition coefficient (Wildman–Crippen LogP) is 4.64. The fourth-order valence-electron chi connectivity index (χ4n) is 3.96. The molecular weight excluding hydrogens is 414 g/mol. The molecule has 0 spiro atoms. The number of hydrogen-bond donors (Lipinski definition) is 1. The van der Waals surface area contributed by atoms with E-state index in [1.54, 1.807) is 24.3 Å². The van der Waals surface area contributed by atoms with Crippen LogP contribution in [0.3, 0.4) is 0 Å². The highest BCUT2D eigenvalue weighted by Gasteiger charge is 2.33. The number of carbonyl (C=O) groups is 2. The molecule has 2 heterocycles. The molecule has 1 aliphatic rings. The molecule has 2 amide bonds. The van der Waals surface area contributed by atoms with E-state index in [0.717, 1.165) is 23.9 Å². The second kappa shape index (κ2) is 9.10. The van der Waals surface area contributed by atoms with Gasteiger partial charge in [-0.15, -0.1) is 0 Å². The second-order valence-corrected chi connectivity index (χ2v) is 8.76. The summed E-state index contributed by atoms with van der Waals surface area (Å²) >= 11 is 6.04. The van der Waals surface area contributed by atoms with Crippen molar-refractivity contribution in [2.75, 3.05) is 13.1 Å². The number of halogens is 1. The van der Waals surface area contributed by atoms with Crippen molar-refractivity contribution in [3.63, 3.8) is 0 Å². The molecule has 6 nitrogen and oxygen atoms in total. The minimum Gasteiger partial charge on any atom is -0.440 e. The lowest BCUT2D eigenvalue weighted by Gasteiger charge is -2.34. The summed E-state index contributed by atoms with van der Waals surface area (Å²) in [5.41, 5.74) is 2.03. The zero-order valence-corrected chi connectivity index (χ0v) is 18.4. The number of carbonyl (C=O) groups excluding carboxylic acids is 2. The largest absolute Gasteiger partial charge is 0.440 e. The highest BCUT2D eigenvalue weighted by Crippen LogP contribution is 2.31. The van der Waals surface area contributed by atoms with Crippen molar-refractivity contribution >= 4 is 34.5 Å². The number of aromatic nitrogens is 1. The van der Waals surface area contributed by atoms with Crippen LogP contribution in [0.15, 0.2) is 52.9 Å². The molecule has 2 aromatic carbocycles. The van der Waals surface area contributed by atoms with E-state index in [0.29, 0.717) is 29.6 Å². The molecule has 1 N–H and O–H groups in total. The first-order chi connectivity index (χ1) is 14.9. The minimum absolute atomic E-state index is 0.0142. The maximum Gasteiger partial charge on any atom is 0.251 e. The van der Waals surface area contributed by atoms with E-state index in [4.69, 9.17) is 16.0 Å². The van der Waals surface area contributed by atoms with Gasteiger partial charge in [-0.2, -0.15) is 0 Å². The second-order valence-electron chi connectivity index (χ2n) is 8.32. The highest BCUT2D eigenvalue weighted by atomic mass is 35.5. The van der Waals surface area contributed by atoms with Gasteiger partial charge in [0, 0.05) is 29.6 Å². The lowest BCUT2D eigenvalue weighted by Crippen LogP contribution is -2.52. The lowest BCUT2D eigenvalue weighted by molar-refractivity contribution is -0.135. The monoisotopic (exact) mass is 439 g/mol. The predicted molar refractivity (Wildman–Crippen MR) is 120 cm³/mol. The van der Waals surface area contributed by atoms with Gasteiger partial charge >= 0.3 is 0 Å². The summed E-state index contributed by atoms with van der Waals surface area (Å²) < 4.78 is 5.92. The molecule has 3 aromatic rings. The van der Waals surface area contributed by atoms with Gasteiger partial charge in [-0.1, -0.05) is 43.6 Å². The normalized spacial score (nSPS) is 15.9. The number of oxazole rings is 1. The van der Waals surface area contributed by atoms with E-state index in [2.05, 4.69) is 10.3 Å². The smallest absolute Gasteiger partial charge is 0.251 e. The molecule has 1 aromatic heterocycles. The van der Waals surface area contributed by atoms with Crippen molar-refractivity contribution in [1.82, 2.24) is 15.2 Å². The molecule has 0 saturated carbocycles. The minimum atomic E-state index is -0.560. The van der Waals surface area contributed by atoms with Crippen LogP contribution >= 0.6 is 11.6 Å². The van der Waals surface area contributed by atoms with Crippen molar-refractivity contribution < 1.29 is 14.0 Å². The summed E-state index contributed by atoms with van der Waals surface area (Å²) in [5.74, 6) is 0.572. The maximum absolute atomic E-state index is 13.2. The van der Waals surface area contributed by atoms with Crippen LogP contribution < -0.4 is 5.32 Å². The summed E-state index contributed by atoms with van der Waals surface area (Å²) in [5, 5.41) is 3.55. The summed E-state index contributed by atoms with van der Waals surface area (Å²) in [4.78, 5) is 32.2. The number of benzene rings is 2. The van der Waals surface area contributed by atoms with Crippen molar-refractivity contribution in [3.05, 3.63) is 65.0 Å². The average molecular weight is 440 g/mol. The van der Waals surface area contributed by atoms with Gasteiger partial charge < -0.3 is 14.6 Å². The molecule has 31 heavy (non-hydrogen) atoms. The number of amides is 2. The number of nitrogens with one attached hydrogen (secondary N) is 1. The summed E-state index contributed by atoms with van der Waals surface area (Å²) in [6, 6.07) is 13.8. The zero-order chi connectivity index (χ0) is 22.0. The quantitative estimate of drug-likeness (QED) is 0.628. The number of rotatable bonds is 5. The average Bonchev–Trinajstić information content (AvgIpc) is 3.20. The molecule has 1 atom stereocenters. The lowest BCUT2D eigenvalue weighted by atomic mass is 9.95. The van der Waals surface area contributed by atoms with Crippen molar-refractivity contribution in [2.24, 2.45) is 5.92 Å². The Morgan fingerprint density at radius 1 is 1.13 bits per heavy atom. The van der Waals surface area contributed by atoms with E-state index in [1.165, 1.54) is 0 Å². The van der Waals surface area contributed by atoms with Crippen LogP contribution in [0.2, 0.25) is 5.02 Å². The number of piperidine rings is 1. The Kier molecular flexibility index (Phi) is 6.28. The number of nitrogens with zero attached hydrogens (tertiary/aromatic N) is 2. The Bertz CT molecular complexity index is 1070. The van der Waals surface area contributed by atoms with Gasteiger partial charge in [0.25, 0.3) is 5.91 Å². The van der Waals surface area contributed by atoms with E-state index >= 15 is 0 Å². The molecule has 7 heteroatoms. The van der Waals surface area contributed by atoms with Crippen LogP contribution in [0.5, 0.6) is 0 Å². The maximum atomic E-state index is 13.2. The number of likely N-dealkylation sites (tertiary alicyclic amines) is 1. The van der Waals surface area contributed by atoms with Gasteiger partial charge in [0.1, 0.15) is 11.6 Å². The standard InChI is InChI=1S/C24H26ClN3O3/c1-15(2)21(27-22(29)16-6-4-3-5-7-16)24(30)28-12-10-17(11-13-28)23-26-19-14-18(25)8-9-20(19)31-23/h3-9,14-15,17,21H,10-13H2,1-2H3,(H,27,29). The Morgan fingerprint density at radius 2 is 1.84 bits per heavy atom. The molecule has 4 rings (SSSR count). The number of fused-ring (bicyclic) bond motifs is 1. The highest BCUT2D eigenvalue weighted by molar-refractivity contribution is 6.31. The fourth-order valence-corrected chi connectivity index (χ4v) is 4.13. The Morgan fingerprint density at radius 3 is 2.52 bits per heavy atom. The van der Waals surface area contributed by atoms with Crippen molar-refractivity contribution in [2.45, 2.75) is 38.6 Å². The third-order valence-corrected chi connectivity index (χ3v) is 6.01. The van der Waals surface area contributed by atoms with Gasteiger partial charge in [0.15, 0.2) is 11.5 Å². The van der Waals surface area contributed by atoms with Crippen LogP contribution in [0, 0.1) is 5.92 Å². The summed E-state index contributed by atoms with van der Waals surface area (Å²) in [7, 11) is 0. The third kappa shape index (κ3) is 4.74. The van der Waals surface area contributed by atoms with Crippen molar-refractivity contribution in [3.8, 4) is 0 Å². The Balaban J connectivity index is 1.40. The third-order valence-electron chi connectivity index (χ3n) is 5.78. The van der Waals surface area contributed by atoms with Crippen LogP contribution in [-0.4, -0.2) is 40.8 Å². The first kappa shape index (κ1) is 21.4. The summed E-state index contributed by atoms with van der Waals surface area (Å²) in [6.07, 6.45) is 1.54. The van der Waals surface area contributed by atoms with E-state index < -0.39 is 6.04 Å². The topological polar surface area (TPSA) is 75.4 Å². The number of hydrogen-bond acceptors (Lipinski definition) is 4. The Hall–Kier alpha value is -2.86. The van der Waals surface area contributed by atoms with Gasteiger partial charge in [-0.3, -0.25) is 9.59 Å². The van der Waals surface area contributed by atoms with E-state index in [9.17, 15) is 9.59 Å². The molecule has 1 unspecified atom stereocenters. The first-order valence-corrected chi connectivity index (χ1v) is 11.0. The SMILES string of the molecule is CC(C)C(NC(=O)c1ccccc1)C(=O)N1CCC(c2nc3cc(Cl)ccc3o2)CC1. The van der Waals surface area contributed by atoms with Gasteiger partial charge in [0.2, 0.25) is 5.91 Å². The molecule has 0 radical (unpaired) electrons. The molecule has 162 valence electrons. The molecule has 1 aliphatic heterocycles. The summed E-state index contributed by atoms with van der Waals surface area (Å²) in [6.45, 7) is 5.11. The molecular formula is C24H26ClN3O3. The fraction of sp³-hybridized carbons (Fsp3) is 0.375. The molecule has 1 fully saturated rings. The van der Waals surface area contributed by atoms with Gasteiger partial charge in [0.05, 0.1) is 0 Å². The van der Waals surface area contributed by atoms with Crippen LogP contribution in [0.1, 0.15) is 48.9 Å².